The summed E-state index contributed by atoms with van der Waals surface area (Å²) < 4.78 is 28.5. The lowest BCUT2D eigenvalue weighted by atomic mass is 10.2. The lowest BCUT2D eigenvalue weighted by Crippen LogP contribution is -2.27. The molecule has 7 heteroatoms. The number of nitrogens with zero attached hydrogens (tertiary/aromatic N) is 2. The Bertz CT molecular complexity index is 388. The van der Waals surface area contributed by atoms with Gasteiger partial charge < -0.3 is 0 Å². The SMILES string of the molecule is CCCCN=C1NS(=O)(=O)N=C1CCSC. The van der Waals surface area contributed by atoms with Crippen LogP contribution in [0.5, 0.6) is 0 Å². The van der Waals surface area contributed by atoms with Crippen molar-refractivity contribution in [1.82, 2.24) is 4.72 Å². The van der Waals surface area contributed by atoms with Crippen molar-refractivity contribution in [3.8, 4) is 0 Å². The minimum atomic E-state index is -3.51. The van der Waals surface area contributed by atoms with Crippen molar-refractivity contribution in [2.24, 2.45) is 9.39 Å². The van der Waals surface area contributed by atoms with Crippen LogP contribution in [0.1, 0.15) is 26.2 Å². The molecule has 92 valence electrons. The molecule has 1 heterocycles. The van der Waals surface area contributed by atoms with E-state index in [-0.39, 0.29) is 0 Å². The van der Waals surface area contributed by atoms with Crippen molar-refractivity contribution >= 4 is 33.5 Å². The van der Waals surface area contributed by atoms with Gasteiger partial charge in [-0.05, 0) is 18.4 Å². The molecule has 1 rings (SSSR count). The fraction of sp³-hybridized carbons (Fsp3) is 0.778. The Morgan fingerprint density at radius 2 is 2.25 bits per heavy atom. The normalized spacial score (nSPS) is 20.9. The topological polar surface area (TPSA) is 70.9 Å². The molecule has 0 atom stereocenters. The molecule has 0 saturated carbocycles. The predicted molar refractivity (Wildman–Crippen MR) is 69.7 cm³/mol. The van der Waals surface area contributed by atoms with Crippen molar-refractivity contribution in [3.63, 3.8) is 0 Å². The van der Waals surface area contributed by atoms with Crippen LogP contribution in [-0.4, -0.2) is 38.5 Å². The fourth-order valence-corrected chi connectivity index (χ4v) is 2.57. The summed E-state index contributed by atoms with van der Waals surface area (Å²) in [6.07, 6.45) is 4.62. The fourth-order valence-electron chi connectivity index (χ4n) is 1.23. The Balaban J connectivity index is 2.70. The zero-order valence-corrected chi connectivity index (χ0v) is 11.2. The zero-order chi connectivity index (χ0) is 12.0. The molecule has 0 unspecified atom stereocenters. The van der Waals surface area contributed by atoms with Crippen LogP contribution >= 0.6 is 11.8 Å². The molecular formula is C9H17N3O2S2. The molecule has 0 radical (unpaired) electrons. The molecule has 0 fully saturated rings. The molecular weight excluding hydrogens is 246 g/mol. The minimum absolute atomic E-state index is 0.433. The average molecular weight is 263 g/mol. The Labute approximate surface area is 101 Å². The van der Waals surface area contributed by atoms with Crippen LogP contribution in [0.3, 0.4) is 0 Å². The highest BCUT2D eigenvalue weighted by molar-refractivity contribution is 7.98. The summed E-state index contributed by atoms with van der Waals surface area (Å²) in [5.74, 6) is 1.28. The molecule has 1 N–H and O–H groups in total. The first-order valence-electron chi connectivity index (χ1n) is 5.24. The Morgan fingerprint density at radius 1 is 1.50 bits per heavy atom. The number of rotatable bonds is 6. The van der Waals surface area contributed by atoms with E-state index in [1.54, 1.807) is 11.8 Å². The first-order valence-corrected chi connectivity index (χ1v) is 8.07. The van der Waals surface area contributed by atoms with E-state index < -0.39 is 10.2 Å². The summed E-state index contributed by atoms with van der Waals surface area (Å²) in [6, 6.07) is 0. The molecule has 0 spiro atoms. The van der Waals surface area contributed by atoms with Gasteiger partial charge in [-0.25, -0.2) is 4.72 Å². The maximum atomic E-state index is 11.3. The third-order valence-electron chi connectivity index (χ3n) is 2.05. The van der Waals surface area contributed by atoms with Crippen LogP contribution < -0.4 is 4.72 Å². The first kappa shape index (κ1) is 13.5. The predicted octanol–water partition coefficient (Wildman–Crippen LogP) is 1.23. The third-order valence-corrected chi connectivity index (χ3v) is 3.58. The van der Waals surface area contributed by atoms with Gasteiger partial charge in [0.2, 0.25) is 0 Å². The molecule has 0 bridgehead atoms. The average Bonchev–Trinajstić information content (AvgIpc) is 2.51. The van der Waals surface area contributed by atoms with Gasteiger partial charge in [-0.2, -0.15) is 20.2 Å². The second-order valence-corrected chi connectivity index (χ2v) is 5.76. The second-order valence-electron chi connectivity index (χ2n) is 3.44. The van der Waals surface area contributed by atoms with E-state index in [2.05, 4.69) is 21.0 Å². The molecule has 0 amide bonds. The molecule has 0 aromatic carbocycles. The largest absolute Gasteiger partial charge is 0.343 e. The number of thioether (sulfide) groups is 1. The summed E-state index contributed by atoms with van der Waals surface area (Å²) in [7, 11) is -3.51. The Morgan fingerprint density at radius 3 is 2.88 bits per heavy atom. The third kappa shape index (κ3) is 4.13. The molecule has 5 nitrogen and oxygen atoms in total. The van der Waals surface area contributed by atoms with E-state index in [1.165, 1.54) is 0 Å². The van der Waals surface area contributed by atoms with Crippen molar-refractivity contribution in [2.45, 2.75) is 26.2 Å². The number of hydrogen-bond donors (Lipinski definition) is 1. The zero-order valence-electron chi connectivity index (χ0n) is 9.56. The van der Waals surface area contributed by atoms with Crippen molar-refractivity contribution in [2.75, 3.05) is 18.6 Å². The van der Waals surface area contributed by atoms with Gasteiger partial charge in [-0.1, -0.05) is 13.3 Å². The van der Waals surface area contributed by atoms with E-state index in [9.17, 15) is 8.42 Å². The summed E-state index contributed by atoms with van der Waals surface area (Å²) in [4.78, 5) is 4.23. The number of hydrogen-bond acceptors (Lipinski definition) is 4. The summed E-state index contributed by atoms with van der Waals surface area (Å²) in [6.45, 7) is 2.72. The van der Waals surface area contributed by atoms with Gasteiger partial charge in [0, 0.05) is 13.0 Å². The summed E-state index contributed by atoms with van der Waals surface area (Å²) in [5.41, 5.74) is 0.561. The summed E-state index contributed by atoms with van der Waals surface area (Å²) >= 11 is 1.66. The molecule has 0 aliphatic carbocycles. The Hall–Kier alpha value is -0.560. The maximum absolute atomic E-state index is 11.3. The standard InChI is InChI=1S/C9H17N3O2S2/c1-3-4-6-10-9-8(5-7-15-2)11-16(13,14)12-9/h3-7H2,1-2H3,(H,10,12). The molecule has 0 aromatic heterocycles. The number of nitrogens with one attached hydrogen (secondary N) is 1. The molecule has 1 aliphatic rings. The Kier molecular flexibility index (Phi) is 5.27. The van der Waals surface area contributed by atoms with Gasteiger partial charge in [0.15, 0.2) is 5.84 Å². The van der Waals surface area contributed by atoms with Crippen LogP contribution in [-0.2, 0) is 10.2 Å². The van der Waals surface area contributed by atoms with Gasteiger partial charge in [0.25, 0.3) is 0 Å². The van der Waals surface area contributed by atoms with Gasteiger partial charge in [0.1, 0.15) is 0 Å². The number of aliphatic imine (C=N–C) groups is 1. The monoisotopic (exact) mass is 263 g/mol. The van der Waals surface area contributed by atoms with Crippen LogP contribution in [0, 0.1) is 0 Å². The molecule has 1 aliphatic heterocycles. The lowest BCUT2D eigenvalue weighted by Gasteiger charge is -2.00. The minimum Gasteiger partial charge on any atom is -0.266 e. The second kappa shape index (κ2) is 6.24. The lowest BCUT2D eigenvalue weighted by molar-refractivity contribution is 0.596. The van der Waals surface area contributed by atoms with Crippen LogP contribution in [0.4, 0.5) is 0 Å². The van der Waals surface area contributed by atoms with E-state index in [1.807, 2.05) is 6.26 Å². The van der Waals surface area contributed by atoms with Crippen molar-refractivity contribution < 1.29 is 8.42 Å². The van der Waals surface area contributed by atoms with Crippen LogP contribution in [0.15, 0.2) is 9.39 Å². The highest BCUT2D eigenvalue weighted by Gasteiger charge is 2.25. The van der Waals surface area contributed by atoms with Crippen LogP contribution in [0.25, 0.3) is 0 Å². The van der Waals surface area contributed by atoms with E-state index >= 15 is 0 Å². The smallest absolute Gasteiger partial charge is 0.266 e. The van der Waals surface area contributed by atoms with Gasteiger partial charge >= 0.3 is 10.2 Å². The van der Waals surface area contributed by atoms with Gasteiger partial charge in [-0.15, -0.1) is 4.40 Å². The highest BCUT2D eigenvalue weighted by atomic mass is 32.2. The first-order chi connectivity index (χ1) is 7.59. The van der Waals surface area contributed by atoms with Crippen molar-refractivity contribution in [3.05, 3.63) is 0 Å². The summed E-state index contributed by atoms with van der Waals surface area (Å²) in [5, 5.41) is 0. The van der Waals surface area contributed by atoms with E-state index in [0.29, 0.717) is 24.5 Å². The van der Waals surface area contributed by atoms with E-state index in [4.69, 9.17) is 0 Å². The number of amidine groups is 1. The maximum Gasteiger partial charge on any atom is 0.343 e. The quantitative estimate of drug-likeness (QED) is 0.733. The van der Waals surface area contributed by atoms with Crippen LogP contribution in [0.2, 0.25) is 0 Å². The van der Waals surface area contributed by atoms with Crippen molar-refractivity contribution in [1.29, 1.82) is 0 Å². The molecule has 0 aromatic rings. The molecule has 0 saturated heterocycles. The highest BCUT2D eigenvalue weighted by Crippen LogP contribution is 2.07. The van der Waals surface area contributed by atoms with Gasteiger partial charge in [-0.3, -0.25) is 4.99 Å². The van der Waals surface area contributed by atoms with E-state index in [0.717, 1.165) is 18.6 Å². The van der Waals surface area contributed by atoms with Gasteiger partial charge in [0.05, 0.1) is 5.71 Å². The molecule has 16 heavy (non-hydrogen) atoms. The number of unbranched alkanes of at least 4 members (excludes halogenated alkanes) is 1.